The van der Waals surface area contributed by atoms with Crippen molar-refractivity contribution in [2.45, 2.75) is 13.0 Å². The lowest BCUT2D eigenvalue weighted by molar-refractivity contribution is -0.154. The molecule has 1 aromatic carbocycles. The van der Waals surface area contributed by atoms with Crippen molar-refractivity contribution in [3.8, 4) is 0 Å². The molecule has 1 aromatic rings. The van der Waals surface area contributed by atoms with E-state index in [1.165, 1.54) is 11.8 Å². The van der Waals surface area contributed by atoms with Crippen LogP contribution in [0.2, 0.25) is 0 Å². The minimum Gasteiger partial charge on any atom is -0.455 e. The zero-order chi connectivity index (χ0) is 11.8. The van der Waals surface area contributed by atoms with Gasteiger partial charge in [0.15, 0.2) is 0 Å². The number of esters is 1. The number of ether oxygens (including phenoxy) is 1. The Kier molecular flexibility index (Phi) is 5.64. The molecule has 0 spiro atoms. The smallest absolute Gasteiger partial charge is 0.374 e. The summed E-state index contributed by atoms with van der Waals surface area (Å²) in [6, 6.07) is 9.30. The molecule has 0 aliphatic heterocycles. The molecule has 0 saturated heterocycles. The predicted octanol–water partition coefficient (Wildman–Crippen LogP) is 2.05. The Bertz CT molecular complexity index is 349. The maximum absolute atomic E-state index is 11.2. The largest absolute Gasteiger partial charge is 0.455 e. The topological polar surface area (TPSA) is 43.4 Å². The van der Waals surface area contributed by atoms with Gasteiger partial charge in [-0.2, -0.15) is 11.8 Å². The number of thioether (sulfide) groups is 1. The van der Waals surface area contributed by atoms with Gasteiger partial charge in [0.05, 0.1) is 0 Å². The molecule has 0 aliphatic carbocycles. The van der Waals surface area contributed by atoms with Crippen LogP contribution in [0.3, 0.4) is 0 Å². The molecule has 1 rings (SSSR count). The molecule has 0 radical (unpaired) electrons. The first kappa shape index (κ1) is 12.8. The molecular weight excluding hydrogens is 224 g/mol. The molecule has 3 nitrogen and oxygen atoms in total. The number of Topliss-reactive ketones (excluding diaryl/α,β-unsaturated/α-hetero) is 1. The lowest BCUT2D eigenvalue weighted by atomic mass is 10.2. The van der Waals surface area contributed by atoms with Gasteiger partial charge >= 0.3 is 5.97 Å². The van der Waals surface area contributed by atoms with Crippen LogP contribution in [0, 0.1) is 0 Å². The first-order valence-electron chi connectivity index (χ1n) is 4.97. The van der Waals surface area contributed by atoms with E-state index in [-0.39, 0.29) is 13.0 Å². The van der Waals surface area contributed by atoms with Crippen molar-refractivity contribution in [2.75, 3.05) is 12.0 Å². The number of hydrogen-bond donors (Lipinski definition) is 0. The molecular formula is C12H14O3S. The first-order valence-corrected chi connectivity index (χ1v) is 6.36. The minimum absolute atomic E-state index is 0.157. The number of carbonyl (C=O) groups excluding carboxylic acids is 2. The van der Waals surface area contributed by atoms with E-state index in [9.17, 15) is 9.59 Å². The molecule has 0 aliphatic rings. The predicted molar refractivity (Wildman–Crippen MR) is 64.2 cm³/mol. The van der Waals surface area contributed by atoms with Crippen LogP contribution in [0.1, 0.15) is 12.0 Å². The maximum Gasteiger partial charge on any atom is 0.374 e. The van der Waals surface area contributed by atoms with Crippen molar-refractivity contribution >= 4 is 23.5 Å². The van der Waals surface area contributed by atoms with E-state index in [1.54, 1.807) is 0 Å². The van der Waals surface area contributed by atoms with Crippen LogP contribution < -0.4 is 0 Å². The Balaban J connectivity index is 2.32. The standard InChI is InChI=1S/C12H14O3S/c1-16-8-7-11(13)12(14)15-9-10-5-3-2-4-6-10/h2-6H,7-9H2,1H3. The molecule has 16 heavy (non-hydrogen) atoms. The number of carbonyl (C=O) groups is 2. The molecule has 0 amide bonds. The van der Waals surface area contributed by atoms with Crippen LogP contribution in [-0.2, 0) is 20.9 Å². The first-order chi connectivity index (χ1) is 7.74. The molecule has 0 heterocycles. The van der Waals surface area contributed by atoms with Gasteiger partial charge in [0.2, 0.25) is 5.78 Å². The van der Waals surface area contributed by atoms with Gasteiger partial charge in [-0.15, -0.1) is 0 Å². The molecule has 4 heteroatoms. The summed E-state index contributed by atoms with van der Waals surface area (Å²) >= 11 is 1.53. The van der Waals surface area contributed by atoms with Gasteiger partial charge in [0.1, 0.15) is 6.61 Å². The monoisotopic (exact) mass is 238 g/mol. The summed E-state index contributed by atoms with van der Waals surface area (Å²) in [7, 11) is 0. The fourth-order valence-corrected chi connectivity index (χ4v) is 1.49. The van der Waals surface area contributed by atoms with Gasteiger partial charge in [0.25, 0.3) is 0 Å². The molecule has 0 bridgehead atoms. The molecule has 0 unspecified atom stereocenters. The highest BCUT2D eigenvalue weighted by Crippen LogP contribution is 2.02. The Hall–Kier alpha value is -1.29. The highest BCUT2D eigenvalue weighted by Gasteiger charge is 2.14. The van der Waals surface area contributed by atoms with E-state index < -0.39 is 11.8 Å². The molecule has 0 saturated carbocycles. The number of benzene rings is 1. The fourth-order valence-electron chi connectivity index (χ4n) is 1.10. The summed E-state index contributed by atoms with van der Waals surface area (Å²) in [6.45, 7) is 0.157. The van der Waals surface area contributed by atoms with Gasteiger partial charge in [-0.1, -0.05) is 30.3 Å². The van der Waals surface area contributed by atoms with Crippen LogP contribution in [-0.4, -0.2) is 23.8 Å². The summed E-state index contributed by atoms with van der Waals surface area (Å²) < 4.78 is 4.89. The zero-order valence-electron chi connectivity index (χ0n) is 9.14. The Morgan fingerprint density at radius 2 is 1.94 bits per heavy atom. The van der Waals surface area contributed by atoms with Gasteiger partial charge in [0, 0.05) is 12.2 Å². The van der Waals surface area contributed by atoms with Crippen molar-refractivity contribution in [1.29, 1.82) is 0 Å². The SMILES string of the molecule is CSCCC(=O)C(=O)OCc1ccccc1. The second-order valence-electron chi connectivity index (χ2n) is 3.23. The summed E-state index contributed by atoms with van der Waals surface area (Å²) in [5.41, 5.74) is 0.883. The van der Waals surface area contributed by atoms with Gasteiger partial charge in [-0.25, -0.2) is 4.79 Å². The van der Waals surface area contributed by atoms with Crippen LogP contribution >= 0.6 is 11.8 Å². The molecule has 0 aromatic heterocycles. The van der Waals surface area contributed by atoms with Crippen LogP contribution in [0.25, 0.3) is 0 Å². The van der Waals surface area contributed by atoms with E-state index >= 15 is 0 Å². The third kappa shape index (κ3) is 4.49. The normalized spacial score (nSPS) is 9.81. The van der Waals surface area contributed by atoms with Crippen molar-refractivity contribution in [3.05, 3.63) is 35.9 Å². The maximum atomic E-state index is 11.2. The summed E-state index contributed by atoms with van der Waals surface area (Å²) in [6.07, 6.45) is 2.14. The number of rotatable bonds is 6. The lowest BCUT2D eigenvalue weighted by Gasteiger charge is -2.03. The second-order valence-corrected chi connectivity index (χ2v) is 4.21. The zero-order valence-corrected chi connectivity index (χ0v) is 9.96. The van der Waals surface area contributed by atoms with E-state index in [0.717, 1.165) is 5.56 Å². The average molecular weight is 238 g/mol. The molecule has 0 atom stereocenters. The molecule has 86 valence electrons. The van der Waals surface area contributed by atoms with E-state index in [4.69, 9.17) is 4.74 Å². The van der Waals surface area contributed by atoms with Crippen molar-refractivity contribution in [3.63, 3.8) is 0 Å². The van der Waals surface area contributed by atoms with Crippen molar-refractivity contribution in [2.24, 2.45) is 0 Å². The second kappa shape index (κ2) is 7.06. The Morgan fingerprint density at radius 1 is 1.25 bits per heavy atom. The fraction of sp³-hybridized carbons (Fsp3) is 0.333. The highest BCUT2D eigenvalue weighted by molar-refractivity contribution is 7.98. The summed E-state index contributed by atoms with van der Waals surface area (Å²) in [5, 5.41) is 0. The molecule has 0 fully saturated rings. The van der Waals surface area contributed by atoms with Gasteiger partial charge in [-0.3, -0.25) is 4.79 Å². The average Bonchev–Trinajstić information content (AvgIpc) is 2.34. The summed E-state index contributed by atoms with van der Waals surface area (Å²) in [4.78, 5) is 22.5. The van der Waals surface area contributed by atoms with E-state index in [0.29, 0.717) is 5.75 Å². The Labute approximate surface area is 99.2 Å². The summed E-state index contributed by atoms with van der Waals surface area (Å²) in [5.74, 6) is -0.539. The molecule has 0 N–H and O–H groups in total. The number of ketones is 1. The van der Waals surface area contributed by atoms with Crippen LogP contribution in [0.15, 0.2) is 30.3 Å². The van der Waals surface area contributed by atoms with Gasteiger partial charge < -0.3 is 4.74 Å². The van der Waals surface area contributed by atoms with E-state index in [2.05, 4.69) is 0 Å². The lowest BCUT2D eigenvalue weighted by Crippen LogP contribution is -2.17. The van der Waals surface area contributed by atoms with Crippen molar-refractivity contribution in [1.82, 2.24) is 0 Å². The van der Waals surface area contributed by atoms with E-state index in [1.807, 2.05) is 36.6 Å². The van der Waals surface area contributed by atoms with Crippen LogP contribution in [0.5, 0.6) is 0 Å². The van der Waals surface area contributed by atoms with Crippen molar-refractivity contribution < 1.29 is 14.3 Å². The van der Waals surface area contributed by atoms with Gasteiger partial charge in [-0.05, 0) is 11.8 Å². The third-order valence-electron chi connectivity index (χ3n) is 1.97. The minimum atomic E-state index is -0.738. The van der Waals surface area contributed by atoms with Crippen LogP contribution in [0.4, 0.5) is 0 Å². The third-order valence-corrected chi connectivity index (χ3v) is 2.59. The quantitative estimate of drug-likeness (QED) is 0.562. The highest BCUT2D eigenvalue weighted by atomic mass is 32.2. The Morgan fingerprint density at radius 3 is 2.56 bits per heavy atom. The number of hydrogen-bond acceptors (Lipinski definition) is 4.